The minimum Gasteiger partial charge on any atom is -0.494 e. The number of carbonyl (C=O) groups is 1. The number of methoxy groups -OCH3 is 1. The van der Waals surface area contributed by atoms with Crippen LogP contribution >= 0.6 is 0 Å². The summed E-state index contributed by atoms with van der Waals surface area (Å²) in [4.78, 5) is 14.2. The first-order valence-electron chi connectivity index (χ1n) is 7.98. The molecule has 0 aromatic heterocycles. The molecule has 0 radical (unpaired) electrons. The van der Waals surface area contributed by atoms with E-state index >= 15 is 0 Å². The Morgan fingerprint density at radius 2 is 2.17 bits per heavy atom. The molecule has 3 rings (SSSR count). The fourth-order valence-electron chi connectivity index (χ4n) is 3.45. The molecule has 1 aromatic carbocycles. The van der Waals surface area contributed by atoms with Crippen LogP contribution < -0.4 is 4.74 Å². The van der Waals surface area contributed by atoms with E-state index in [1.165, 1.54) is 19.2 Å². The second-order valence-corrected chi connectivity index (χ2v) is 6.32. The molecule has 1 spiro atoms. The third-order valence-electron chi connectivity index (χ3n) is 4.83. The smallest absolute Gasteiger partial charge is 0.253 e. The van der Waals surface area contributed by atoms with Gasteiger partial charge in [-0.05, 0) is 37.5 Å². The summed E-state index contributed by atoms with van der Waals surface area (Å²) in [6.45, 7) is 1.68. The standard InChI is InChI=1S/C17H22FNO4/c1-22-15-3-2-12(10-14(15)18)16(21)19-7-5-17(6-8-19)11-13(20)4-9-23-17/h2-3,10,13,20H,4-9,11H2,1H3. The largest absolute Gasteiger partial charge is 0.494 e. The Bertz CT molecular complexity index is 584. The van der Waals surface area contributed by atoms with Crippen molar-refractivity contribution in [1.29, 1.82) is 0 Å². The number of benzene rings is 1. The first-order chi connectivity index (χ1) is 11.0. The molecule has 2 aliphatic rings. The van der Waals surface area contributed by atoms with E-state index in [0.29, 0.717) is 50.9 Å². The third-order valence-corrected chi connectivity index (χ3v) is 4.83. The highest BCUT2D eigenvalue weighted by Crippen LogP contribution is 2.35. The number of amides is 1. The number of halogens is 1. The van der Waals surface area contributed by atoms with Gasteiger partial charge in [0, 0.05) is 31.7 Å². The number of aliphatic hydroxyl groups is 1. The van der Waals surface area contributed by atoms with Crippen LogP contribution in [-0.4, -0.2) is 54.4 Å². The monoisotopic (exact) mass is 323 g/mol. The first kappa shape index (κ1) is 16.2. The quantitative estimate of drug-likeness (QED) is 0.904. The highest BCUT2D eigenvalue weighted by Gasteiger charge is 2.40. The Hall–Kier alpha value is -1.66. The summed E-state index contributed by atoms with van der Waals surface area (Å²) in [5.74, 6) is -0.591. The van der Waals surface area contributed by atoms with Crippen LogP contribution in [0.2, 0.25) is 0 Å². The third kappa shape index (κ3) is 3.33. The summed E-state index contributed by atoms with van der Waals surface area (Å²) in [5.41, 5.74) is 0.0171. The average Bonchev–Trinajstić information content (AvgIpc) is 2.55. The van der Waals surface area contributed by atoms with Gasteiger partial charge in [-0.15, -0.1) is 0 Å². The van der Waals surface area contributed by atoms with Crippen molar-refractivity contribution in [3.63, 3.8) is 0 Å². The lowest BCUT2D eigenvalue weighted by molar-refractivity contribution is -0.139. The van der Waals surface area contributed by atoms with Crippen molar-refractivity contribution in [3.8, 4) is 5.75 Å². The van der Waals surface area contributed by atoms with Crippen molar-refractivity contribution in [2.45, 2.75) is 37.4 Å². The molecule has 0 aliphatic carbocycles. The Kier molecular flexibility index (Phi) is 4.55. The lowest BCUT2D eigenvalue weighted by Crippen LogP contribution is -2.51. The lowest BCUT2D eigenvalue weighted by atomic mass is 9.83. The van der Waals surface area contributed by atoms with Crippen LogP contribution in [0.1, 0.15) is 36.0 Å². The van der Waals surface area contributed by atoms with Crippen LogP contribution in [0.25, 0.3) is 0 Å². The molecule has 23 heavy (non-hydrogen) atoms. The molecule has 6 heteroatoms. The Morgan fingerprint density at radius 1 is 1.43 bits per heavy atom. The molecule has 126 valence electrons. The normalized spacial score (nSPS) is 23.8. The van der Waals surface area contributed by atoms with Gasteiger partial charge in [0.15, 0.2) is 11.6 Å². The number of hydrogen-bond donors (Lipinski definition) is 1. The van der Waals surface area contributed by atoms with Crippen molar-refractivity contribution in [1.82, 2.24) is 4.90 Å². The maximum atomic E-state index is 13.8. The number of carbonyl (C=O) groups excluding carboxylic acids is 1. The molecular weight excluding hydrogens is 301 g/mol. The van der Waals surface area contributed by atoms with Gasteiger partial charge >= 0.3 is 0 Å². The predicted octanol–water partition coefficient (Wildman–Crippen LogP) is 1.98. The molecule has 0 bridgehead atoms. The Morgan fingerprint density at radius 3 is 2.78 bits per heavy atom. The Labute approximate surface area is 135 Å². The number of ether oxygens (including phenoxy) is 2. The molecular formula is C17H22FNO4. The maximum absolute atomic E-state index is 13.8. The van der Waals surface area contributed by atoms with Gasteiger partial charge in [0.1, 0.15) is 0 Å². The predicted molar refractivity (Wildman–Crippen MR) is 82.0 cm³/mol. The summed E-state index contributed by atoms with van der Waals surface area (Å²) in [7, 11) is 1.39. The molecule has 0 saturated carbocycles. The van der Waals surface area contributed by atoms with Gasteiger partial charge < -0.3 is 19.5 Å². The van der Waals surface area contributed by atoms with Crippen LogP contribution in [-0.2, 0) is 4.74 Å². The molecule has 1 aromatic rings. The van der Waals surface area contributed by atoms with E-state index in [2.05, 4.69) is 0 Å². The highest BCUT2D eigenvalue weighted by atomic mass is 19.1. The number of hydrogen-bond acceptors (Lipinski definition) is 4. The number of piperidine rings is 1. The van der Waals surface area contributed by atoms with Crippen molar-refractivity contribution >= 4 is 5.91 Å². The molecule has 1 N–H and O–H groups in total. The fraction of sp³-hybridized carbons (Fsp3) is 0.588. The van der Waals surface area contributed by atoms with Crippen LogP contribution in [0.3, 0.4) is 0 Å². The van der Waals surface area contributed by atoms with Crippen LogP contribution in [0.5, 0.6) is 5.75 Å². The van der Waals surface area contributed by atoms with Crippen LogP contribution in [0.15, 0.2) is 18.2 Å². The minimum absolute atomic E-state index is 0.128. The number of nitrogens with zero attached hydrogens (tertiary/aromatic N) is 1. The van der Waals surface area contributed by atoms with Crippen molar-refractivity contribution in [2.75, 3.05) is 26.8 Å². The van der Waals surface area contributed by atoms with Gasteiger partial charge in [0.25, 0.3) is 5.91 Å². The average molecular weight is 323 g/mol. The minimum atomic E-state index is -0.537. The van der Waals surface area contributed by atoms with Crippen molar-refractivity contribution in [3.05, 3.63) is 29.6 Å². The van der Waals surface area contributed by atoms with E-state index in [4.69, 9.17) is 9.47 Å². The summed E-state index contributed by atoms with van der Waals surface area (Å²) in [5, 5.41) is 9.85. The summed E-state index contributed by atoms with van der Waals surface area (Å²) in [6, 6.07) is 4.26. The topological polar surface area (TPSA) is 59.0 Å². The number of aliphatic hydroxyl groups excluding tert-OH is 1. The second-order valence-electron chi connectivity index (χ2n) is 6.32. The van der Waals surface area contributed by atoms with Crippen molar-refractivity contribution in [2.24, 2.45) is 0 Å². The molecule has 1 unspecified atom stereocenters. The van der Waals surface area contributed by atoms with Gasteiger partial charge in [0.05, 0.1) is 18.8 Å². The van der Waals surface area contributed by atoms with Crippen LogP contribution in [0, 0.1) is 5.82 Å². The number of rotatable bonds is 2. The van der Waals surface area contributed by atoms with E-state index < -0.39 is 5.82 Å². The zero-order valence-corrected chi connectivity index (χ0v) is 13.3. The molecule has 1 amide bonds. The SMILES string of the molecule is COc1ccc(C(=O)N2CCC3(CC2)CC(O)CCO3)cc1F. The van der Waals surface area contributed by atoms with E-state index in [9.17, 15) is 14.3 Å². The second kappa shape index (κ2) is 6.45. The van der Waals surface area contributed by atoms with Gasteiger partial charge in [-0.1, -0.05) is 0 Å². The van der Waals surface area contributed by atoms with Crippen molar-refractivity contribution < 1.29 is 23.8 Å². The zero-order chi connectivity index (χ0) is 16.4. The molecule has 2 saturated heterocycles. The van der Waals surface area contributed by atoms with E-state index in [1.54, 1.807) is 11.0 Å². The summed E-state index contributed by atoms with van der Waals surface area (Å²) in [6.07, 6.45) is 2.40. The Balaban J connectivity index is 1.65. The van der Waals surface area contributed by atoms with Gasteiger partial charge in [0.2, 0.25) is 0 Å². The van der Waals surface area contributed by atoms with Gasteiger partial charge in [-0.2, -0.15) is 0 Å². The highest BCUT2D eigenvalue weighted by molar-refractivity contribution is 5.94. The summed E-state index contributed by atoms with van der Waals surface area (Å²) >= 11 is 0. The van der Waals surface area contributed by atoms with Gasteiger partial charge in [-0.3, -0.25) is 4.79 Å². The molecule has 2 aliphatic heterocycles. The van der Waals surface area contributed by atoms with Gasteiger partial charge in [-0.25, -0.2) is 4.39 Å². The van der Waals surface area contributed by atoms with Crippen LogP contribution in [0.4, 0.5) is 4.39 Å². The van der Waals surface area contributed by atoms with E-state index in [-0.39, 0.29) is 23.4 Å². The molecule has 2 fully saturated rings. The molecule has 5 nitrogen and oxygen atoms in total. The maximum Gasteiger partial charge on any atom is 0.253 e. The number of likely N-dealkylation sites (tertiary alicyclic amines) is 1. The van der Waals surface area contributed by atoms with E-state index in [1.807, 2.05) is 0 Å². The molecule has 2 heterocycles. The fourth-order valence-corrected chi connectivity index (χ4v) is 3.45. The summed E-state index contributed by atoms with van der Waals surface area (Å²) < 4.78 is 24.5. The zero-order valence-electron chi connectivity index (χ0n) is 13.3. The van der Waals surface area contributed by atoms with E-state index in [0.717, 1.165) is 0 Å². The molecule has 1 atom stereocenters. The lowest BCUT2D eigenvalue weighted by Gasteiger charge is -2.45. The first-order valence-corrected chi connectivity index (χ1v) is 7.98.